The van der Waals surface area contributed by atoms with Crippen LogP contribution < -0.4 is 22.1 Å². The number of carboxylic acid groups (broad SMARTS) is 1. The predicted octanol–water partition coefficient (Wildman–Crippen LogP) is -3.09. The van der Waals surface area contributed by atoms with Crippen molar-refractivity contribution in [1.82, 2.24) is 10.6 Å². The monoisotopic (exact) mass is 316 g/mol. The van der Waals surface area contributed by atoms with E-state index in [1.165, 1.54) is 0 Å². The Hall–Kier alpha value is -2.20. The Balaban J connectivity index is 2.40. The van der Waals surface area contributed by atoms with Crippen molar-refractivity contribution in [2.24, 2.45) is 17.4 Å². The summed E-state index contributed by atoms with van der Waals surface area (Å²) in [5, 5.41) is 13.6. The molecule has 22 heavy (non-hydrogen) atoms. The number of nitrogens with one attached hydrogen (secondary N) is 2. The summed E-state index contributed by atoms with van der Waals surface area (Å²) in [7, 11) is 0. The number of carbonyl (C=O) groups excluding carboxylic acids is 3. The van der Waals surface area contributed by atoms with Crippen molar-refractivity contribution in [3.8, 4) is 0 Å². The normalized spacial score (nSPS) is 22.5. The maximum Gasteiger partial charge on any atom is 0.326 e. The summed E-state index contributed by atoms with van der Waals surface area (Å²) in [6, 6.07) is -2.20. The first-order valence-electron chi connectivity index (χ1n) is 6.66. The second-order valence-electron chi connectivity index (χ2n) is 5.30. The fraction of sp³-hybridized carbons (Fsp3) is 0.667. The highest BCUT2D eigenvalue weighted by Gasteiger charge is 2.49. The van der Waals surface area contributed by atoms with Crippen molar-refractivity contribution >= 4 is 23.7 Å². The number of rotatable bonds is 8. The van der Waals surface area contributed by atoms with Crippen LogP contribution in [0.3, 0.4) is 0 Å². The molecule has 7 N–H and O–H groups in total. The number of ether oxygens (including phenoxy) is 1. The van der Waals surface area contributed by atoms with E-state index in [1.807, 2.05) is 0 Å². The minimum atomic E-state index is -1.17. The van der Waals surface area contributed by atoms with Gasteiger partial charge in [-0.1, -0.05) is 13.8 Å². The summed E-state index contributed by atoms with van der Waals surface area (Å²) in [6.45, 7) is 3.06. The van der Waals surface area contributed by atoms with Gasteiger partial charge in [0.15, 0.2) is 12.2 Å². The van der Waals surface area contributed by atoms with E-state index in [1.54, 1.807) is 13.8 Å². The first-order chi connectivity index (χ1) is 10.1. The summed E-state index contributed by atoms with van der Waals surface area (Å²) in [6.07, 6.45) is -1.92. The fourth-order valence-electron chi connectivity index (χ4n) is 1.71. The van der Waals surface area contributed by atoms with Gasteiger partial charge in [-0.25, -0.2) is 4.79 Å². The van der Waals surface area contributed by atoms with Crippen LogP contribution in [-0.2, 0) is 23.9 Å². The zero-order valence-electron chi connectivity index (χ0n) is 12.2. The fourth-order valence-corrected chi connectivity index (χ4v) is 1.71. The highest BCUT2D eigenvalue weighted by Crippen LogP contribution is 2.21. The lowest BCUT2D eigenvalue weighted by atomic mass is 10.0. The van der Waals surface area contributed by atoms with Crippen molar-refractivity contribution in [3.63, 3.8) is 0 Å². The third-order valence-electron chi connectivity index (χ3n) is 3.09. The molecule has 0 unspecified atom stereocenters. The zero-order valence-corrected chi connectivity index (χ0v) is 12.2. The summed E-state index contributed by atoms with van der Waals surface area (Å²) < 4.78 is 4.75. The van der Waals surface area contributed by atoms with Gasteiger partial charge in [0, 0.05) is 6.54 Å². The number of carboxylic acids is 1. The number of carbonyl (C=O) groups is 4. The molecule has 1 saturated heterocycles. The Morgan fingerprint density at radius 1 is 1.23 bits per heavy atom. The quantitative estimate of drug-likeness (QED) is 0.294. The third kappa shape index (κ3) is 4.67. The van der Waals surface area contributed by atoms with E-state index >= 15 is 0 Å². The molecule has 0 spiro atoms. The largest absolute Gasteiger partial charge is 0.480 e. The van der Waals surface area contributed by atoms with E-state index in [2.05, 4.69) is 10.6 Å². The minimum absolute atomic E-state index is 0.222. The van der Waals surface area contributed by atoms with Crippen LogP contribution in [0.1, 0.15) is 13.8 Å². The summed E-state index contributed by atoms with van der Waals surface area (Å²) >= 11 is 0. The molecular weight excluding hydrogens is 296 g/mol. The molecule has 0 aromatic rings. The van der Waals surface area contributed by atoms with Crippen molar-refractivity contribution in [2.45, 2.75) is 38.1 Å². The Kier molecular flexibility index (Phi) is 5.83. The SMILES string of the molecule is CC(C)[C@H](NC(=O)[C@@H](N)CNC(=O)[C@H]1O[C@@H]1C(N)=O)C(=O)O. The molecule has 0 bridgehead atoms. The van der Waals surface area contributed by atoms with Crippen LogP contribution in [0.15, 0.2) is 0 Å². The van der Waals surface area contributed by atoms with Crippen molar-refractivity contribution in [2.75, 3.05) is 6.54 Å². The third-order valence-corrected chi connectivity index (χ3v) is 3.09. The van der Waals surface area contributed by atoms with E-state index in [0.29, 0.717) is 0 Å². The Morgan fingerprint density at radius 3 is 2.23 bits per heavy atom. The molecule has 1 aliphatic rings. The molecule has 0 saturated carbocycles. The number of epoxide rings is 1. The van der Waals surface area contributed by atoms with Gasteiger partial charge in [0.05, 0.1) is 0 Å². The highest BCUT2D eigenvalue weighted by molar-refractivity contribution is 5.94. The van der Waals surface area contributed by atoms with Crippen LogP contribution in [-0.4, -0.2) is 59.6 Å². The molecule has 1 fully saturated rings. The number of primary amides is 1. The smallest absolute Gasteiger partial charge is 0.326 e. The molecule has 1 heterocycles. The van der Waals surface area contributed by atoms with Gasteiger partial charge >= 0.3 is 5.97 Å². The molecule has 0 aromatic heterocycles. The number of amides is 3. The predicted molar refractivity (Wildman–Crippen MR) is 73.2 cm³/mol. The van der Waals surface area contributed by atoms with Crippen LogP contribution in [0.2, 0.25) is 0 Å². The Bertz CT molecular complexity index is 480. The summed E-state index contributed by atoms with van der Waals surface area (Å²) in [5.41, 5.74) is 10.5. The van der Waals surface area contributed by atoms with E-state index < -0.39 is 48.0 Å². The van der Waals surface area contributed by atoms with Gasteiger partial charge in [0.25, 0.3) is 5.91 Å². The lowest BCUT2D eigenvalue weighted by Crippen LogP contribution is -2.54. The topological polar surface area (TPSA) is 177 Å². The van der Waals surface area contributed by atoms with Crippen LogP contribution in [0.4, 0.5) is 0 Å². The molecule has 10 nitrogen and oxygen atoms in total. The van der Waals surface area contributed by atoms with E-state index in [-0.39, 0.29) is 12.5 Å². The Labute approximate surface area is 126 Å². The van der Waals surface area contributed by atoms with E-state index in [9.17, 15) is 19.2 Å². The van der Waals surface area contributed by atoms with Gasteiger partial charge in [-0.15, -0.1) is 0 Å². The number of hydrogen-bond acceptors (Lipinski definition) is 6. The van der Waals surface area contributed by atoms with Gasteiger partial charge in [0.2, 0.25) is 11.8 Å². The van der Waals surface area contributed by atoms with Gasteiger partial charge in [-0.3, -0.25) is 14.4 Å². The first kappa shape index (κ1) is 17.9. The van der Waals surface area contributed by atoms with E-state index in [0.717, 1.165) is 0 Å². The molecular formula is C12H20N4O6. The number of aliphatic carboxylic acids is 1. The van der Waals surface area contributed by atoms with Gasteiger partial charge in [-0.2, -0.15) is 0 Å². The molecule has 4 atom stereocenters. The first-order valence-corrected chi connectivity index (χ1v) is 6.66. The molecule has 1 aliphatic heterocycles. The average molecular weight is 316 g/mol. The molecule has 1 rings (SSSR count). The van der Waals surface area contributed by atoms with Crippen LogP contribution in [0.5, 0.6) is 0 Å². The van der Waals surface area contributed by atoms with E-state index in [4.69, 9.17) is 21.3 Å². The average Bonchev–Trinajstić information content (AvgIpc) is 3.21. The number of nitrogens with two attached hydrogens (primary N) is 2. The van der Waals surface area contributed by atoms with Crippen molar-refractivity contribution in [3.05, 3.63) is 0 Å². The molecule has 0 aliphatic carbocycles. The minimum Gasteiger partial charge on any atom is -0.480 e. The lowest BCUT2D eigenvalue weighted by molar-refractivity contribution is -0.143. The summed E-state index contributed by atoms with van der Waals surface area (Å²) in [5.74, 6) is -3.55. The van der Waals surface area contributed by atoms with Crippen LogP contribution >= 0.6 is 0 Å². The molecule has 0 radical (unpaired) electrons. The van der Waals surface area contributed by atoms with Crippen molar-refractivity contribution < 1.29 is 29.0 Å². The number of hydrogen-bond donors (Lipinski definition) is 5. The zero-order chi connectivity index (χ0) is 17.0. The van der Waals surface area contributed by atoms with Gasteiger partial charge < -0.3 is 31.9 Å². The maximum absolute atomic E-state index is 11.8. The van der Waals surface area contributed by atoms with Crippen LogP contribution in [0.25, 0.3) is 0 Å². The molecule has 0 aromatic carbocycles. The maximum atomic E-state index is 11.8. The molecule has 3 amide bonds. The molecule has 124 valence electrons. The van der Waals surface area contributed by atoms with Crippen molar-refractivity contribution in [1.29, 1.82) is 0 Å². The molecule has 10 heteroatoms. The second kappa shape index (κ2) is 7.18. The van der Waals surface area contributed by atoms with Gasteiger partial charge in [-0.05, 0) is 5.92 Å². The highest BCUT2D eigenvalue weighted by atomic mass is 16.6. The van der Waals surface area contributed by atoms with Crippen LogP contribution in [0, 0.1) is 5.92 Å². The standard InChI is InChI=1S/C12H20N4O6/c1-4(2)6(12(20)21)16-10(18)5(13)3-15-11(19)8-7(22-8)9(14)17/h4-8H,3,13H2,1-2H3,(H2,14,17)(H,15,19)(H,16,18)(H,20,21)/t5-,6-,7-,8-/m0/s1. The summed E-state index contributed by atoms with van der Waals surface area (Å²) in [4.78, 5) is 45.1. The lowest BCUT2D eigenvalue weighted by Gasteiger charge is -2.20. The second-order valence-corrected chi connectivity index (χ2v) is 5.30. The van der Waals surface area contributed by atoms with Gasteiger partial charge in [0.1, 0.15) is 12.1 Å². The Morgan fingerprint density at radius 2 is 1.82 bits per heavy atom.